The molecule has 0 aromatic rings. The first-order valence-corrected chi connectivity index (χ1v) is 7.27. The van der Waals surface area contributed by atoms with Crippen molar-refractivity contribution in [3.63, 3.8) is 0 Å². The van der Waals surface area contributed by atoms with Crippen LogP contribution in [-0.4, -0.2) is 25.0 Å². The maximum Gasteiger partial charge on any atom is 0.225 e. The van der Waals surface area contributed by atoms with Crippen LogP contribution in [0.3, 0.4) is 0 Å². The highest BCUT2D eigenvalue weighted by Gasteiger charge is 2.25. The molecule has 2 rings (SSSR count). The number of carbonyl (C=O) groups is 1. The molecule has 0 spiro atoms. The summed E-state index contributed by atoms with van der Waals surface area (Å²) < 4.78 is 0. The van der Waals surface area contributed by atoms with Crippen LogP contribution in [0.4, 0.5) is 0 Å². The van der Waals surface area contributed by atoms with Crippen LogP contribution >= 0.6 is 0 Å². The van der Waals surface area contributed by atoms with Gasteiger partial charge in [0.15, 0.2) is 0 Å². The van der Waals surface area contributed by atoms with Crippen LogP contribution in [0.1, 0.15) is 51.9 Å². The molecule has 0 bridgehead atoms. The van der Waals surface area contributed by atoms with Crippen LogP contribution in [0.5, 0.6) is 0 Å². The van der Waals surface area contributed by atoms with Gasteiger partial charge in [-0.3, -0.25) is 4.79 Å². The quantitative estimate of drug-likeness (QED) is 0.770. The predicted octanol–water partition coefficient (Wildman–Crippen LogP) is 2.07. The Kier molecular flexibility index (Phi) is 4.84. The minimum absolute atomic E-state index is 0.229. The molecule has 2 fully saturated rings. The third-order valence-corrected chi connectivity index (χ3v) is 4.27. The molecule has 1 unspecified atom stereocenters. The van der Waals surface area contributed by atoms with Crippen molar-refractivity contribution >= 4 is 5.91 Å². The molecule has 1 heterocycles. The largest absolute Gasteiger partial charge is 0.353 e. The lowest BCUT2D eigenvalue weighted by molar-refractivity contribution is -0.127. The molecule has 0 aromatic carbocycles. The summed E-state index contributed by atoms with van der Waals surface area (Å²) in [4.78, 5) is 11.7. The van der Waals surface area contributed by atoms with Gasteiger partial charge in [-0.2, -0.15) is 0 Å². The second-order valence-electron chi connectivity index (χ2n) is 5.85. The Morgan fingerprint density at radius 1 is 1.29 bits per heavy atom. The van der Waals surface area contributed by atoms with E-state index in [1.807, 2.05) is 0 Å². The van der Waals surface area contributed by atoms with Gasteiger partial charge in [0.25, 0.3) is 0 Å². The Labute approximate surface area is 105 Å². The van der Waals surface area contributed by atoms with Gasteiger partial charge in [-0.25, -0.2) is 0 Å². The first kappa shape index (κ1) is 12.9. The molecule has 3 heteroatoms. The molecule has 1 aliphatic heterocycles. The number of hydrogen-bond acceptors (Lipinski definition) is 2. The van der Waals surface area contributed by atoms with E-state index in [-0.39, 0.29) is 11.8 Å². The second-order valence-corrected chi connectivity index (χ2v) is 5.85. The van der Waals surface area contributed by atoms with Crippen molar-refractivity contribution in [2.24, 2.45) is 11.8 Å². The van der Waals surface area contributed by atoms with Gasteiger partial charge >= 0.3 is 0 Å². The molecule has 1 amide bonds. The predicted molar refractivity (Wildman–Crippen MR) is 69.8 cm³/mol. The monoisotopic (exact) mass is 238 g/mol. The maximum atomic E-state index is 11.7. The first-order chi connectivity index (χ1) is 8.25. The van der Waals surface area contributed by atoms with E-state index in [0.29, 0.717) is 6.04 Å². The van der Waals surface area contributed by atoms with E-state index in [1.54, 1.807) is 0 Å². The lowest BCUT2D eigenvalue weighted by Gasteiger charge is -2.28. The highest BCUT2D eigenvalue weighted by atomic mass is 16.2. The van der Waals surface area contributed by atoms with Crippen molar-refractivity contribution in [1.82, 2.24) is 10.6 Å². The van der Waals surface area contributed by atoms with Gasteiger partial charge in [0.1, 0.15) is 0 Å². The Bertz CT molecular complexity index is 245. The molecule has 98 valence electrons. The van der Waals surface area contributed by atoms with Crippen LogP contribution < -0.4 is 10.6 Å². The van der Waals surface area contributed by atoms with Gasteiger partial charge in [0, 0.05) is 19.1 Å². The molecule has 2 N–H and O–H groups in total. The second kappa shape index (κ2) is 6.39. The Balaban J connectivity index is 1.59. The van der Waals surface area contributed by atoms with Crippen LogP contribution in [0.25, 0.3) is 0 Å². The van der Waals surface area contributed by atoms with Gasteiger partial charge in [-0.15, -0.1) is 0 Å². The SMILES string of the molecule is CC(CCC1CCCCC1)NC(=O)C1CNC1. The number of carbonyl (C=O) groups excluding carboxylic acids is 1. The zero-order chi connectivity index (χ0) is 12.1. The third-order valence-electron chi connectivity index (χ3n) is 4.27. The summed E-state index contributed by atoms with van der Waals surface area (Å²) in [5, 5.41) is 6.28. The Morgan fingerprint density at radius 3 is 2.59 bits per heavy atom. The molecule has 2 aliphatic rings. The van der Waals surface area contributed by atoms with E-state index in [2.05, 4.69) is 17.6 Å². The van der Waals surface area contributed by atoms with Gasteiger partial charge in [0.2, 0.25) is 5.91 Å². The average molecular weight is 238 g/mol. The number of rotatable bonds is 5. The topological polar surface area (TPSA) is 41.1 Å². The van der Waals surface area contributed by atoms with Gasteiger partial charge in [-0.05, 0) is 25.7 Å². The summed E-state index contributed by atoms with van der Waals surface area (Å²) in [5.74, 6) is 1.40. The van der Waals surface area contributed by atoms with Crippen LogP contribution in [0.15, 0.2) is 0 Å². The minimum Gasteiger partial charge on any atom is -0.353 e. The van der Waals surface area contributed by atoms with E-state index in [0.717, 1.165) is 25.4 Å². The van der Waals surface area contributed by atoms with Gasteiger partial charge in [0.05, 0.1) is 5.92 Å². The highest BCUT2D eigenvalue weighted by molar-refractivity contribution is 5.80. The lowest BCUT2D eigenvalue weighted by atomic mass is 9.85. The Morgan fingerprint density at radius 2 is 2.00 bits per heavy atom. The fourth-order valence-electron chi connectivity index (χ4n) is 2.87. The minimum atomic E-state index is 0.229. The molecule has 1 saturated heterocycles. The average Bonchev–Trinajstić information content (AvgIpc) is 2.25. The zero-order valence-electron chi connectivity index (χ0n) is 11.0. The fourth-order valence-corrected chi connectivity index (χ4v) is 2.87. The number of hydrogen-bond donors (Lipinski definition) is 2. The standard InChI is InChI=1S/C14H26N2O/c1-11(16-14(17)13-9-15-10-13)7-8-12-5-3-2-4-6-12/h11-13,15H,2-10H2,1H3,(H,16,17). The van der Waals surface area contributed by atoms with E-state index >= 15 is 0 Å². The molecule has 1 aliphatic carbocycles. The molecule has 1 saturated carbocycles. The molecule has 3 nitrogen and oxygen atoms in total. The lowest BCUT2D eigenvalue weighted by Crippen LogP contribution is -2.52. The summed E-state index contributed by atoms with van der Waals surface area (Å²) in [6.07, 6.45) is 9.52. The van der Waals surface area contributed by atoms with E-state index < -0.39 is 0 Å². The Hall–Kier alpha value is -0.570. The third kappa shape index (κ3) is 3.98. The van der Waals surface area contributed by atoms with Crippen molar-refractivity contribution in [3.8, 4) is 0 Å². The molecular weight excluding hydrogens is 212 g/mol. The normalized spacial score (nSPS) is 24.1. The van der Waals surface area contributed by atoms with E-state index in [1.165, 1.54) is 38.5 Å². The van der Waals surface area contributed by atoms with Crippen molar-refractivity contribution in [2.45, 2.75) is 57.9 Å². The summed E-state index contributed by atoms with van der Waals surface area (Å²) in [6.45, 7) is 3.87. The summed E-state index contributed by atoms with van der Waals surface area (Å²) in [5.41, 5.74) is 0. The van der Waals surface area contributed by atoms with Crippen molar-refractivity contribution in [2.75, 3.05) is 13.1 Å². The van der Waals surface area contributed by atoms with Crippen molar-refractivity contribution < 1.29 is 4.79 Å². The molecule has 1 atom stereocenters. The zero-order valence-corrected chi connectivity index (χ0v) is 11.0. The molecule has 0 aromatic heterocycles. The summed E-state index contributed by atoms with van der Waals surface area (Å²) in [6, 6.07) is 0.352. The van der Waals surface area contributed by atoms with Crippen LogP contribution in [0.2, 0.25) is 0 Å². The molecule has 17 heavy (non-hydrogen) atoms. The van der Waals surface area contributed by atoms with Gasteiger partial charge < -0.3 is 10.6 Å². The smallest absolute Gasteiger partial charge is 0.225 e. The summed E-state index contributed by atoms with van der Waals surface area (Å²) >= 11 is 0. The molecule has 0 radical (unpaired) electrons. The van der Waals surface area contributed by atoms with Crippen molar-refractivity contribution in [3.05, 3.63) is 0 Å². The van der Waals surface area contributed by atoms with Crippen LogP contribution in [0, 0.1) is 11.8 Å². The first-order valence-electron chi connectivity index (χ1n) is 7.27. The molecular formula is C14H26N2O. The number of amides is 1. The highest BCUT2D eigenvalue weighted by Crippen LogP contribution is 2.27. The van der Waals surface area contributed by atoms with E-state index in [4.69, 9.17) is 0 Å². The number of nitrogens with one attached hydrogen (secondary N) is 2. The fraction of sp³-hybridized carbons (Fsp3) is 0.929. The van der Waals surface area contributed by atoms with Crippen molar-refractivity contribution in [1.29, 1.82) is 0 Å². The van der Waals surface area contributed by atoms with Crippen LogP contribution in [-0.2, 0) is 4.79 Å². The van der Waals surface area contributed by atoms with Gasteiger partial charge in [-0.1, -0.05) is 32.1 Å². The maximum absolute atomic E-state index is 11.7. The van der Waals surface area contributed by atoms with E-state index in [9.17, 15) is 4.79 Å². The summed E-state index contributed by atoms with van der Waals surface area (Å²) in [7, 11) is 0.